The van der Waals surface area contributed by atoms with Crippen LogP contribution in [-0.2, 0) is 4.79 Å². The van der Waals surface area contributed by atoms with E-state index in [4.69, 9.17) is 0 Å². The number of hydrogen-bond acceptors (Lipinski definition) is 3. The van der Waals surface area contributed by atoms with E-state index in [1.807, 2.05) is 50.2 Å². The molecule has 148 valence electrons. The topological polar surface area (TPSA) is 61.4 Å². The van der Waals surface area contributed by atoms with Crippen LogP contribution in [0.25, 0.3) is 0 Å². The summed E-state index contributed by atoms with van der Waals surface area (Å²) in [5.41, 5.74) is 4.68. The standard InChI is InChI=1S/C23H29N3O2/c1-16-10-12-26(13-11-16)21-8-6-20(7-9-21)25-22(27)15-24-23(28)19-5-4-17(2)18(3)14-19/h4-9,14,16H,10-13,15H2,1-3H3,(H,24,28)(H,25,27). The van der Waals surface area contributed by atoms with Crippen LogP contribution in [0.1, 0.15) is 41.3 Å². The van der Waals surface area contributed by atoms with Gasteiger partial charge in [0.15, 0.2) is 0 Å². The van der Waals surface area contributed by atoms with Gasteiger partial charge in [-0.05, 0) is 80.1 Å². The number of piperidine rings is 1. The number of nitrogens with one attached hydrogen (secondary N) is 2. The van der Waals surface area contributed by atoms with Gasteiger partial charge in [-0.1, -0.05) is 13.0 Å². The van der Waals surface area contributed by atoms with Gasteiger partial charge in [0.2, 0.25) is 5.91 Å². The first-order valence-electron chi connectivity index (χ1n) is 9.92. The first kappa shape index (κ1) is 19.9. The zero-order chi connectivity index (χ0) is 20.1. The molecule has 0 aliphatic carbocycles. The number of amides is 2. The largest absolute Gasteiger partial charge is 0.372 e. The van der Waals surface area contributed by atoms with Gasteiger partial charge >= 0.3 is 0 Å². The van der Waals surface area contributed by atoms with Crippen molar-refractivity contribution in [2.45, 2.75) is 33.6 Å². The lowest BCUT2D eigenvalue weighted by molar-refractivity contribution is -0.115. The van der Waals surface area contributed by atoms with Gasteiger partial charge in [0, 0.05) is 30.0 Å². The molecule has 0 radical (unpaired) electrons. The molecule has 0 aromatic heterocycles. The highest BCUT2D eigenvalue weighted by Crippen LogP contribution is 2.24. The van der Waals surface area contributed by atoms with Crippen LogP contribution in [0, 0.1) is 19.8 Å². The molecule has 0 bridgehead atoms. The third-order valence-corrected chi connectivity index (χ3v) is 5.48. The van der Waals surface area contributed by atoms with Crippen LogP contribution in [0.3, 0.4) is 0 Å². The van der Waals surface area contributed by atoms with E-state index in [0.717, 1.165) is 35.8 Å². The fourth-order valence-corrected chi connectivity index (χ4v) is 3.37. The quantitative estimate of drug-likeness (QED) is 0.828. The van der Waals surface area contributed by atoms with E-state index in [1.165, 1.54) is 18.5 Å². The average molecular weight is 380 g/mol. The molecule has 3 rings (SSSR count). The highest BCUT2D eigenvalue weighted by molar-refractivity contribution is 5.99. The summed E-state index contributed by atoms with van der Waals surface area (Å²) < 4.78 is 0. The SMILES string of the molecule is Cc1ccc(C(=O)NCC(=O)Nc2ccc(N3CCC(C)CC3)cc2)cc1C. The molecule has 1 aliphatic rings. The first-order valence-corrected chi connectivity index (χ1v) is 9.92. The summed E-state index contributed by atoms with van der Waals surface area (Å²) >= 11 is 0. The summed E-state index contributed by atoms with van der Waals surface area (Å²) in [4.78, 5) is 26.8. The van der Waals surface area contributed by atoms with E-state index in [-0.39, 0.29) is 18.4 Å². The molecular weight excluding hydrogens is 350 g/mol. The van der Waals surface area contributed by atoms with Crippen molar-refractivity contribution >= 4 is 23.2 Å². The number of benzene rings is 2. The van der Waals surface area contributed by atoms with Gasteiger partial charge in [-0.2, -0.15) is 0 Å². The van der Waals surface area contributed by atoms with Crippen LogP contribution in [0.5, 0.6) is 0 Å². The van der Waals surface area contributed by atoms with Crippen LogP contribution in [0.2, 0.25) is 0 Å². The number of carbonyl (C=O) groups excluding carboxylic acids is 2. The Balaban J connectivity index is 1.49. The average Bonchev–Trinajstić information content (AvgIpc) is 2.69. The molecule has 5 nitrogen and oxygen atoms in total. The summed E-state index contributed by atoms with van der Waals surface area (Å²) in [6.07, 6.45) is 2.44. The van der Waals surface area contributed by atoms with E-state index in [1.54, 1.807) is 6.07 Å². The van der Waals surface area contributed by atoms with Gasteiger partial charge in [-0.25, -0.2) is 0 Å². The van der Waals surface area contributed by atoms with Crippen molar-refractivity contribution in [3.8, 4) is 0 Å². The highest BCUT2D eigenvalue weighted by Gasteiger charge is 2.16. The van der Waals surface area contributed by atoms with Crippen molar-refractivity contribution in [3.05, 3.63) is 59.2 Å². The van der Waals surface area contributed by atoms with Crippen molar-refractivity contribution in [1.82, 2.24) is 5.32 Å². The summed E-state index contributed by atoms with van der Waals surface area (Å²) in [7, 11) is 0. The molecule has 2 amide bonds. The van der Waals surface area contributed by atoms with Gasteiger partial charge in [0.1, 0.15) is 0 Å². The van der Waals surface area contributed by atoms with Crippen LogP contribution in [0.4, 0.5) is 11.4 Å². The minimum atomic E-state index is -0.243. The van der Waals surface area contributed by atoms with Gasteiger partial charge in [0.05, 0.1) is 6.54 Å². The van der Waals surface area contributed by atoms with E-state index < -0.39 is 0 Å². The molecule has 1 fully saturated rings. The smallest absolute Gasteiger partial charge is 0.251 e. The van der Waals surface area contributed by atoms with E-state index in [2.05, 4.69) is 22.5 Å². The summed E-state index contributed by atoms with van der Waals surface area (Å²) in [6.45, 7) is 8.37. The van der Waals surface area contributed by atoms with Crippen LogP contribution >= 0.6 is 0 Å². The fraction of sp³-hybridized carbons (Fsp3) is 0.391. The first-order chi connectivity index (χ1) is 13.4. The maximum Gasteiger partial charge on any atom is 0.251 e. The Kier molecular flexibility index (Phi) is 6.34. The lowest BCUT2D eigenvalue weighted by Crippen LogP contribution is -2.33. The Morgan fingerprint density at radius 1 is 1.00 bits per heavy atom. The zero-order valence-electron chi connectivity index (χ0n) is 16.9. The zero-order valence-corrected chi connectivity index (χ0v) is 16.9. The molecule has 1 saturated heterocycles. The van der Waals surface area contributed by atoms with E-state index in [9.17, 15) is 9.59 Å². The third-order valence-electron chi connectivity index (χ3n) is 5.48. The number of carbonyl (C=O) groups is 2. The molecule has 0 saturated carbocycles. The number of anilines is 2. The second-order valence-electron chi connectivity index (χ2n) is 7.75. The molecular formula is C23H29N3O2. The summed E-state index contributed by atoms with van der Waals surface area (Å²) in [6, 6.07) is 13.4. The van der Waals surface area contributed by atoms with E-state index in [0.29, 0.717) is 5.56 Å². The number of hydrogen-bond donors (Lipinski definition) is 2. The lowest BCUT2D eigenvalue weighted by Gasteiger charge is -2.32. The minimum absolute atomic E-state index is 0.0580. The Hall–Kier alpha value is -2.82. The van der Waals surface area contributed by atoms with Gasteiger partial charge in [-0.15, -0.1) is 0 Å². The van der Waals surface area contributed by atoms with Gasteiger partial charge in [0.25, 0.3) is 5.91 Å². The molecule has 1 aliphatic heterocycles. The van der Waals surface area contributed by atoms with Gasteiger partial charge < -0.3 is 15.5 Å². The summed E-state index contributed by atoms with van der Waals surface area (Å²) in [5, 5.41) is 5.51. The van der Waals surface area contributed by atoms with Crippen molar-refractivity contribution in [2.75, 3.05) is 29.9 Å². The van der Waals surface area contributed by atoms with Crippen LogP contribution < -0.4 is 15.5 Å². The molecule has 2 N–H and O–H groups in total. The maximum absolute atomic E-state index is 12.2. The fourth-order valence-electron chi connectivity index (χ4n) is 3.37. The monoisotopic (exact) mass is 379 g/mol. The molecule has 0 unspecified atom stereocenters. The van der Waals surface area contributed by atoms with E-state index >= 15 is 0 Å². The highest BCUT2D eigenvalue weighted by atomic mass is 16.2. The summed E-state index contributed by atoms with van der Waals surface area (Å²) in [5.74, 6) is 0.318. The Labute approximate surface area is 167 Å². The Morgan fingerprint density at radius 3 is 2.32 bits per heavy atom. The van der Waals surface area contributed by atoms with Gasteiger partial charge in [-0.3, -0.25) is 9.59 Å². The maximum atomic E-state index is 12.2. The molecule has 0 atom stereocenters. The third kappa shape index (κ3) is 5.12. The number of nitrogens with zero attached hydrogens (tertiary/aromatic N) is 1. The molecule has 0 spiro atoms. The predicted molar refractivity (Wildman–Crippen MR) is 114 cm³/mol. The normalized spacial score (nSPS) is 14.6. The van der Waals surface area contributed by atoms with Crippen molar-refractivity contribution in [2.24, 2.45) is 5.92 Å². The second kappa shape index (κ2) is 8.91. The van der Waals surface area contributed by atoms with Crippen molar-refractivity contribution in [1.29, 1.82) is 0 Å². The lowest BCUT2D eigenvalue weighted by atomic mass is 9.99. The second-order valence-corrected chi connectivity index (χ2v) is 7.75. The molecule has 1 heterocycles. The predicted octanol–water partition coefficient (Wildman–Crippen LogP) is 3.91. The molecule has 2 aromatic carbocycles. The number of rotatable bonds is 5. The Bertz CT molecular complexity index is 837. The molecule has 2 aromatic rings. The van der Waals surface area contributed by atoms with Crippen molar-refractivity contribution < 1.29 is 9.59 Å². The van der Waals surface area contributed by atoms with Crippen molar-refractivity contribution in [3.63, 3.8) is 0 Å². The Morgan fingerprint density at radius 2 is 1.68 bits per heavy atom. The van der Waals surface area contributed by atoms with Crippen LogP contribution in [0.15, 0.2) is 42.5 Å². The number of aryl methyl sites for hydroxylation is 2. The molecule has 5 heteroatoms. The minimum Gasteiger partial charge on any atom is -0.372 e. The van der Waals surface area contributed by atoms with Crippen LogP contribution in [-0.4, -0.2) is 31.4 Å². The molecule has 28 heavy (non-hydrogen) atoms.